The Morgan fingerprint density at radius 1 is 1.25 bits per heavy atom. The van der Waals surface area contributed by atoms with Crippen molar-refractivity contribution in [2.45, 2.75) is 24.9 Å². The van der Waals surface area contributed by atoms with Crippen LogP contribution in [-0.2, 0) is 11.3 Å². The van der Waals surface area contributed by atoms with Crippen molar-refractivity contribution in [2.24, 2.45) is 0 Å². The molecule has 0 spiro atoms. The molecule has 3 aliphatic heterocycles. The Hall–Kier alpha value is -1.75. The first-order valence-corrected chi connectivity index (χ1v) is 7.03. The summed E-state index contributed by atoms with van der Waals surface area (Å²) in [5, 5.41) is 0. The van der Waals surface area contributed by atoms with Crippen LogP contribution < -0.4 is 9.47 Å². The molecule has 1 amide bonds. The zero-order valence-electron chi connectivity index (χ0n) is 10.6. The van der Waals surface area contributed by atoms with Crippen LogP contribution in [0, 0.1) is 0 Å². The van der Waals surface area contributed by atoms with E-state index in [4.69, 9.17) is 21.1 Å². The summed E-state index contributed by atoms with van der Waals surface area (Å²) < 4.78 is 10.7. The van der Waals surface area contributed by atoms with Crippen LogP contribution in [0.4, 0.5) is 0 Å². The number of hydrogen-bond donors (Lipinski definition) is 0. The van der Waals surface area contributed by atoms with Gasteiger partial charge in [-0.1, -0.05) is 0 Å². The number of Topliss-reactive ketones (excluding diaryl/α,β-unsaturated/α-hetero) is 1. The minimum Gasteiger partial charge on any atom is -0.454 e. The number of carbonyl (C=O) groups is 2. The number of amides is 1. The number of alkyl halides is 1. The van der Waals surface area contributed by atoms with E-state index in [1.165, 1.54) is 0 Å². The lowest BCUT2D eigenvalue weighted by molar-refractivity contribution is -0.130. The predicted octanol–water partition coefficient (Wildman–Crippen LogP) is 1.71. The van der Waals surface area contributed by atoms with Gasteiger partial charge in [0.05, 0.1) is 5.88 Å². The van der Waals surface area contributed by atoms with E-state index in [0.717, 1.165) is 5.56 Å². The van der Waals surface area contributed by atoms with Gasteiger partial charge in [0, 0.05) is 18.5 Å². The van der Waals surface area contributed by atoms with E-state index in [1.54, 1.807) is 17.0 Å². The maximum absolute atomic E-state index is 12.8. The first kappa shape index (κ1) is 12.0. The first-order chi connectivity index (χ1) is 9.65. The monoisotopic (exact) mass is 293 g/mol. The topological polar surface area (TPSA) is 55.8 Å². The number of carbonyl (C=O) groups excluding carboxylic acids is 2. The van der Waals surface area contributed by atoms with Gasteiger partial charge >= 0.3 is 0 Å². The van der Waals surface area contributed by atoms with E-state index in [0.29, 0.717) is 36.4 Å². The van der Waals surface area contributed by atoms with Crippen LogP contribution in [0.1, 0.15) is 28.8 Å². The van der Waals surface area contributed by atoms with Crippen molar-refractivity contribution < 1.29 is 19.1 Å². The summed E-state index contributed by atoms with van der Waals surface area (Å²) in [6.45, 7) is 0.568. The number of benzene rings is 1. The molecule has 1 unspecified atom stereocenters. The van der Waals surface area contributed by atoms with Crippen molar-refractivity contribution in [2.75, 3.05) is 12.7 Å². The second-order valence-corrected chi connectivity index (χ2v) is 5.60. The SMILES string of the molecule is O=C1CCC2(CCl)C(=O)c3cc4c(cc3CN12)OCO4. The van der Waals surface area contributed by atoms with E-state index in [2.05, 4.69) is 0 Å². The highest BCUT2D eigenvalue weighted by molar-refractivity contribution is 6.23. The molecule has 0 aliphatic carbocycles. The molecule has 3 heterocycles. The van der Waals surface area contributed by atoms with Gasteiger partial charge < -0.3 is 14.4 Å². The third kappa shape index (κ3) is 1.33. The first-order valence-electron chi connectivity index (χ1n) is 6.49. The van der Waals surface area contributed by atoms with Gasteiger partial charge in [-0.05, 0) is 24.1 Å². The van der Waals surface area contributed by atoms with E-state index < -0.39 is 5.54 Å². The summed E-state index contributed by atoms with van der Waals surface area (Å²) >= 11 is 6.05. The molecule has 1 aromatic carbocycles. The van der Waals surface area contributed by atoms with Gasteiger partial charge in [-0.15, -0.1) is 11.6 Å². The molecule has 1 aromatic rings. The molecule has 6 heteroatoms. The largest absolute Gasteiger partial charge is 0.454 e. The maximum atomic E-state index is 12.8. The van der Waals surface area contributed by atoms with E-state index in [-0.39, 0.29) is 24.4 Å². The molecule has 0 radical (unpaired) electrons. The summed E-state index contributed by atoms with van der Waals surface area (Å²) in [5.41, 5.74) is 0.524. The van der Waals surface area contributed by atoms with Crippen LogP contribution >= 0.6 is 11.6 Å². The molecular weight excluding hydrogens is 282 g/mol. The summed E-state index contributed by atoms with van der Waals surface area (Å²) in [5.74, 6) is 1.24. The molecule has 0 bridgehead atoms. The Bertz CT molecular complexity index is 644. The quantitative estimate of drug-likeness (QED) is 0.740. The molecule has 104 valence electrons. The fourth-order valence-electron chi connectivity index (χ4n) is 3.24. The zero-order valence-corrected chi connectivity index (χ0v) is 11.4. The molecule has 5 nitrogen and oxygen atoms in total. The number of ether oxygens (including phenoxy) is 2. The molecule has 20 heavy (non-hydrogen) atoms. The molecular formula is C14H12ClNO4. The number of ketones is 1. The lowest BCUT2D eigenvalue weighted by Crippen LogP contribution is -2.56. The molecule has 4 rings (SSSR count). The summed E-state index contributed by atoms with van der Waals surface area (Å²) in [6, 6.07) is 3.51. The fraction of sp³-hybridized carbons (Fsp3) is 0.429. The molecule has 3 aliphatic rings. The van der Waals surface area contributed by atoms with Crippen molar-refractivity contribution in [1.29, 1.82) is 0 Å². The molecule has 1 fully saturated rings. The minimum atomic E-state index is -0.876. The van der Waals surface area contributed by atoms with Gasteiger partial charge in [0.25, 0.3) is 0 Å². The number of halogens is 1. The zero-order chi connectivity index (χ0) is 13.9. The van der Waals surface area contributed by atoms with Crippen LogP contribution in [-0.4, -0.2) is 34.8 Å². The average molecular weight is 294 g/mol. The minimum absolute atomic E-state index is 0.0117. The van der Waals surface area contributed by atoms with E-state index in [9.17, 15) is 9.59 Å². The van der Waals surface area contributed by atoms with Crippen molar-refractivity contribution in [3.8, 4) is 11.5 Å². The van der Waals surface area contributed by atoms with Crippen LogP contribution in [0.2, 0.25) is 0 Å². The summed E-state index contributed by atoms with van der Waals surface area (Å²) in [7, 11) is 0. The highest BCUT2D eigenvalue weighted by Gasteiger charge is 2.53. The van der Waals surface area contributed by atoms with Crippen LogP contribution in [0.15, 0.2) is 12.1 Å². The average Bonchev–Trinajstić information content (AvgIpc) is 3.03. The van der Waals surface area contributed by atoms with Gasteiger partial charge in [0.15, 0.2) is 17.3 Å². The Labute approximate surface area is 120 Å². The molecule has 1 saturated heterocycles. The van der Waals surface area contributed by atoms with Crippen molar-refractivity contribution in [3.05, 3.63) is 23.3 Å². The van der Waals surface area contributed by atoms with Gasteiger partial charge in [-0.2, -0.15) is 0 Å². The Morgan fingerprint density at radius 3 is 2.75 bits per heavy atom. The highest BCUT2D eigenvalue weighted by Crippen LogP contribution is 2.44. The highest BCUT2D eigenvalue weighted by atomic mass is 35.5. The Morgan fingerprint density at radius 2 is 2.00 bits per heavy atom. The maximum Gasteiger partial charge on any atom is 0.231 e. The third-order valence-electron chi connectivity index (χ3n) is 4.39. The van der Waals surface area contributed by atoms with E-state index in [1.807, 2.05) is 0 Å². The Balaban J connectivity index is 1.89. The van der Waals surface area contributed by atoms with E-state index >= 15 is 0 Å². The summed E-state index contributed by atoms with van der Waals surface area (Å²) in [6.07, 6.45) is 0.862. The van der Waals surface area contributed by atoms with Crippen LogP contribution in [0.3, 0.4) is 0 Å². The lowest BCUT2D eigenvalue weighted by Gasteiger charge is -2.40. The molecule has 0 saturated carbocycles. The smallest absolute Gasteiger partial charge is 0.231 e. The lowest BCUT2D eigenvalue weighted by atomic mass is 9.82. The fourth-order valence-corrected chi connectivity index (χ4v) is 3.64. The standard InChI is InChI=1S/C14H12ClNO4/c15-6-14-2-1-12(17)16(14)5-8-3-10-11(20-7-19-10)4-9(8)13(14)18/h3-4H,1-2,5-7H2. The number of hydrogen-bond acceptors (Lipinski definition) is 4. The van der Waals surface area contributed by atoms with Gasteiger partial charge in [-0.3, -0.25) is 9.59 Å². The molecule has 1 atom stereocenters. The second-order valence-electron chi connectivity index (χ2n) is 5.34. The van der Waals surface area contributed by atoms with Gasteiger partial charge in [0.2, 0.25) is 12.7 Å². The Kier molecular flexibility index (Phi) is 2.33. The normalized spacial score (nSPS) is 26.8. The number of nitrogens with zero attached hydrogens (tertiary/aromatic N) is 1. The molecule has 0 aromatic heterocycles. The van der Waals surface area contributed by atoms with Crippen LogP contribution in [0.5, 0.6) is 11.5 Å². The van der Waals surface area contributed by atoms with Gasteiger partial charge in [0.1, 0.15) is 5.54 Å². The van der Waals surface area contributed by atoms with Gasteiger partial charge in [-0.25, -0.2) is 0 Å². The third-order valence-corrected chi connectivity index (χ3v) is 4.83. The van der Waals surface area contributed by atoms with Crippen LogP contribution in [0.25, 0.3) is 0 Å². The number of fused-ring (bicyclic) bond motifs is 3. The van der Waals surface area contributed by atoms with Crippen molar-refractivity contribution >= 4 is 23.3 Å². The predicted molar refractivity (Wildman–Crippen MR) is 70.1 cm³/mol. The second kappa shape index (κ2) is 3.88. The number of rotatable bonds is 1. The van der Waals surface area contributed by atoms with Crippen molar-refractivity contribution in [1.82, 2.24) is 4.90 Å². The summed E-state index contributed by atoms with van der Waals surface area (Å²) in [4.78, 5) is 26.5. The molecule has 0 N–H and O–H groups in total. The van der Waals surface area contributed by atoms with Crippen molar-refractivity contribution in [3.63, 3.8) is 0 Å².